The van der Waals surface area contributed by atoms with Gasteiger partial charge >= 0.3 is 0 Å². The lowest BCUT2D eigenvalue weighted by atomic mass is 9.81. The number of carbonyl (C=O) groups excluding carboxylic acids is 2. The molecule has 168 valence electrons. The molecule has 2 aliphatic rings. The lowest BCUT2D eigenvalue weighted by Gasteiger charge is -2.36. The summed E-state index contributed by atoms with van der Waals surface area (Å²) in [6, 6.07) is 19.2. The van der Waals surface area contributed by atoms with Crippen LogP contribution in [-0.2, 0) is 6.42 Å². The Kier molecular flexibility index (Phi) is 5.60. The Hall–Kier alpha value is -3.64. The van der Waals surface area contributed by atoms with Gasteiger partial charge in [0.2, 0.25) is 0 Å². The number of nitrogens with two attached hydrogens (primary N) is 1. The minimum absolute atomic E-state index is 0.154. The van der Waals surface area contributed by atoms with Gasteiger partial charge in [-0.1, -0.05) is 54.6 Å². The zero-order chi connectivity index (χ0) is 22.9. The summed E-state index contributed by atoms with van der Waals surface area (Å²) in [6.45, 7) is 4.13. The lowest BCUT2D eigenvalue weighted by molar-refractivity contribution is 0.0980. The molecule has 0 aromatic heterocycles. The third-order valence-corrected chi connectivity index (χ3v) is 6.63. The van der Waals surface area contributed by atoms with Crippen LogP contribution < -0.4 is 16.0 Å². The first-order valence-corrected chi connectivity index (χ1v) is 11.4. The maximum Gasteiger partial charge on any atom is 0.196 e. The van der Waals surface area contributed by atoms with Crippen molar-refractivity contribution in [2.24, 2.45) is 0 Å². The lowest BCUT2D eigenvalue weighted by Crippen LogP contribution is -2.45. The van der Waals surface area contributed by atoms with Crippen molar-refractivity contribution in [2.45, 2.75) is 6.42 Å². The summed E-state index contributed by atoms with van der Waals surface area (Å²) < 4.78 is 0. The van der Waals surface area contributed by atoms with Gasteiger partial charge in [-0.2, -0.15) is 0 Å². The number of nitrogen functional groups attached to an aromatic ring is 1. The Morgan fingerprint density at radius 1 is 0.848 bits per heavy atom. The second-order valence-corrected chi connectivity index (χ2v) is 8.76. The maximum atomic E-state index is 13.5. The summed E-state index contributed by atoms with van der Waals surface area (Å²) in [6.07, 6.45) is 0.808. The molecule has 33 heavy (non-hydrogen) atoms. The van der Waals surface area contributed by atoms with Gasteiger partial charge in [0.05, 0.1) is 22.5 Å². The third-order valence-electron chi connectivity index (χ3n) is 6.63. The molecule has 3 aromatic rings. The minimum Gasteiger partial charge on any atom is -0.396 e. The molecule has 1 heterocycles. The van der Waals surface area contributed by atoms with E-state index in [4.69, 9.17) is 5.73 Å². The summed E-state index contributed by atoms with van der Waals surface area (Å²) in [7, 11) is 2.10. The standard InChI is InChI=1S/C27H28N4O2/c1-30-13-15-31(16-14-30)22-17-21(29-12-11-18-7-3-2-4-8-18)23-24(25(22)28)27(33)20-10-6-5-9-19(20)26(23)32/h2-10,17,29H,11-16,28H2,1H3. The fraction of sp³-hybridized carbons (Fsp3) is 0.259. The largest absolute Gasteiger partial charge is 0.396 e. The van der Waals surface area contributed by atoms with Gasteiger partial charge in [0.1, 0.15) is 0 Å². The van der Waals surface area contributed by atoms with Crippen LogP contribution in [0.25, 0.3) is 0 Å². The molecule has 0 unspecified atom stereocenters. The molecule has 0 radical (unpaired) electrons. The number of carbonyl (C=O) groups is 2. The number of anilines is 3. The van der Waals surface area contributed by atoms with E-state index in [0.29, 0.717) is 40.2 Å². The van der Waals surface area contributed by atoms with Crippen molar-refractivity contribution in [3.8, 4) is 0 Å². The van der Waals surface area contributed by atoms with Gasteiger partial charge in [0.25, 0.3) is 0 Å². The van der Waals surface area contributed by atoms with E-state index in [1.54, 1.807) is 24.3 Å². The molecular formula is C27H28N4O2. The van der Waals surface area contributed by atoms with Crippen LogP contribution in [0.5, 0.6) is 0 Å². The van der Waals surface area contributed by atoms with E-state index >= 15 is 0 Å². The maximum absolute atomic E-state index is 13.5. The first-order valence-electron chi connectivity index (χ1n) is 11.4. The normalized spacial score (nSPS) is 15.8. The van der Waals surface area contributed by atoms with Crippen LogP contribution in [0, 0.1) is 0 Å². The van der Waals surface area contributed by atoms with E-state index in [1.165, 1.54) is 5.56 Å². The number of rotatable bonds is 5. The monoisotopic (exact) mass is 440 g/mol. The highest BCUT2D eigenvalue weighted by molar-refractivity contribution is 6.32. The summed E-state index contributed by atoms with van der Waals surface area (Å²) >= 11 is 0. The van der Waals surface area contributed by atoms with Gasteiger partial charge in [-0.05, 0) is 25.1 Å². The second-order valence-electron chi connectivity index (χ2n) is 8.76. The van der Waals surface area contributed by atoms with Gasteiger partial charge in [-0.3, -0.25) is 9.59 Å². The van der Waals surface area contributed by atoms with Crippen LogP contribution in [0.4, 0.5) is 17.1 Å². The molecule has 6 nitrogen and oxygen atoms in total. The van der Waals surface area contributed by atoms with Crippen LogP contribution in [0.15, 0.2) is 60.7 Å². The van der Waals surface area contributed by atoms with E-state index < -0.39 is 0 Å². The zero-order valence-corrected chi connectivity index (χ0v) is 18.8. The number of nitrogens with zero attached hydrogens (tertiary/aromatic N) is 2. The van der Waals surface area contributed by atoms with E-state index in [-0.39, 0.29) is 11.6 Å². The zero-order valence-electron chi connectivity index (χ0n) is 18.8. The molecule has 3 aromatic carbocycles. The molecule has 0 atom stereocenters. The highest BCUT2D eigenvalue weighted by Gasteiger charge is 2.35. The van der Waals surface area contributed by atoms with Crippen molar-refractivity contribution in [3.63, 3.8) is 0 Å². The summed E-state index contributed by atoms with van der Waals surface area (Å²) in [4.78, 5) is 31.5. The highest BCUT2D eigenvalue weighted by atomic mass is 16.1. The second kappa shape index (κ2) is 8.71. The van der Waals surface area contributed by atoms with Gasteiger partial charge in [0.15, 0.2) is 11.6 Å². The van der Waals surface area contributed by atoms with E-state index in [2.05, 4.69) is 34.3 Å². The van der Waals surface area contributed by atoms with Crippen molar-refractivity contribution < 1.29 is 9.59 Å². The number of nitrogens with one attached hydrogen (secondary N) is 1. The van der Waals surface area contributed by atoms with Gasteiger partial charge < -0.3 is 20.9 Å². The Bertz CT molecular complexity index is 1210. The molecule has 1 fully saturated rings. The number of benzene rings is 3. The van der Waals surface area contributed by atoms with Crippen molar-refractivity contribution in [1.82, 2.24) is 4.90 Å². The molecule has 5 rings (SSSR count). The SMILES string of the molecule is CN1CCN(c2cc(NCCc3ccccc3)c3c(c2N)C(=O)c2ccccc2C3=O)CC1. The fourth-order valence-corrected chi connectivity index (χ4v) is 4.74. The summed E-state index contributed by atoms with van der Waals surface area (Å²) in [5.41, 5.74) is 11.3. The number of hydrogen-bond acceptors (Lipinski definition) is 6. The van der Waals surface area contributed by atoms with E-state index in [0.717, 1.165) is 38.3 Å². The molecule has 1 aliphatic carbocycles. The molecule has 0 saturated carbocycles. The fourth-order valence-electron chi connectivity index (χ4n) is 4.74. The Labute approximate surface area is 194 Å². The molecule has 0 spiro atoms. The number of ketones is 2. The third kappa shape index (κ3) is 3.87. The molecule has 1 aliphatic heterocycles. The van der Waals surface area contributed by atoms with Crippen molar-refractivity contribution in [2.75, 3.05) is 55.7 Å². The number of fused-ring (bicyclic) bond motifs is 2. The van der Waals surface area contributed by atoms with Crippen molar-refractivity contribution in [3.05, 3.63) is 88.5 Å². The molecule has 1 saturated heterocycles. The average Bonchev–Trinajstić information content (AvgIpc) is 2.84. The van der Waals surface area contributed by atoms with Gasteiger partial charge in [-0.25, -0.2) is 0 Å². The van der Waals surface area contributed by atoms with Crippen LogP contribution in [0.2, 0.25) is 0 Å². The van der Waals surface area contributed by atoms with Crippen LogP contribution in [0.1, 0.15) is 37.4 Å². The average molecular weight is 441 g/mol. The van der Waals surface area contributed by atoms with Gasteiger partial charge in [-0.15, -0.1) is 0 Å². The molecule has 3 N–H and O–H groups in total. The van der Waals surface area contributed by atoms with Gasteiger partial charge in [0, 0.05) is 49.5 Å². The minimum atomic E-state index is -0.181. The summed E-state index contributed by atoms with van der Waals surface area (Å²) in [5, 5.41) is 3.45. The number of piperazine rings is 1. The first-order chi connectivity index (χ1) is 16.0. The van der Waals surface area contributed by atoms with Crippen molar-refractivity contribution >= 4 is 28.6 Å². The predicted molar refractivity (Wildman–Crippen MR) is 133 cm³/mol. The highest BCUT2D eigenvalue weighted by Crippen LogP contribution is 2.41. The Morgan fingerprint density at radius 2 is 1.45 bits per heavy atom. The van der Waals surface area contributed by atoms with Crippen LogP contribution in [0.3, 0.4) is 0 Å². The van der Waals surface area contributed by atoms with E-state index in [9.17, 15) is 9.59 Å². The molecule has 0 amide bonds. The first kappa shape index (κ1) is 21.2. The van der Waals surface area contributed by atoms with Crippen LogP contribution in [-0.4, -0.2) is 56.2 Å². The number of hydrogen-bond donors (Lipinski definition) is 2. The quantitative estimate of drug-likeness (QED) is 0.463. The molecular weight excluding hydrogens is 412 g/mol. The van der Waals surface area contributed by atoms with Crippen molar-refractivity contribution in [1.29, 1.82) is 0 Å². The van der Waals surface area contributed by atoms with E-state index in [1.807, 2.05) is 24.3 Å². The van der Waals surface area contributed by atoms with Crippen LogP contribution >= 0.6 is 0 Å². The summed E-state index contributed by atoms with van der Waals surface area (Å²) in [5.74, 6) is -0.334. The molecule has 0 bridgehead atoms. The molecule has 6 heteroatoms. The Morgan fingerprint density at radius 3 is 2.12 bits per heavy atom. The smallest absolute Gasteiger partial charge is 0.196 e. The predicted octanol–water partition coefficient (Wildman–Crippen LogP) is 3.45. The Balaban J connectivity index is 1.57. The topological polar surface area (TPSA) is 78.7 Å². The number of likely N-dealkylation sites (N-methyl/N-ethyl adjacent to an activating group) is 1.